The second kappa shape index (κ2) is 6.49. The topological polar surface area (TPSA) is 73.6 Å². The van der Waals surface area contributed by atoms with Crippen LogP contribution in [0.2, 0.25) is 0 Å². The molecule has 21 heavy (non-hydrogen) atoms. The predicted molar refractivity (Wildman–Crippen MR) is 84.2 cm³/mol. The summed E-state index contributed by atoms with van der Waals surface area (Å²) in [6, 6.07) is 5.07. The van der Waals surface area contributed by atoms with E-state index in [1.54, 1.807) is 23.5 Å². The van der Waals surface area contributed by atoms with Gasteiger partial charge in [0.25, 0.3) is 5.91 Å². The van der Waals surface area contributed by atoms with Gasteiger partial charge < -0.3 is 20.5 Å². The minimum absolute atomic E-state index is 0.0868. The van der Waals surface area contributed by atoms with Crippen molar-refractivity contribution in [2.24, 2.45) is 0 Å². The van der Waals surface area contributed by atoms with Crippen LogP contribution in [0.25, 0.3) is 0 Å². The third-order valence-electron chi connectivity index (χ3n) is 3.19. The minimum atomic E-state index is -0.243. The molecule has 0 radical (unpaired) electrons. The fourth-order valence-corrected chi connectivity index (χ4v) is 2.72. The quantitative estimate of drug-likeness (QED) is 0.833. The molecule has 0 saturated carbocycles. The molecule has 2 rings (SSSR count). The second-order valence-corrected chi connectivity index (χ2v) is 5.33. The van der Waals surface area contributed by atoms with Crippen LogP contribution in [0.15, 0.2) is 29.0 Å². The number of amides is 1. The molecule has 5 nitrogen and oxygen atoms in total. The van der Waals surface area contributed by atoms with Gasteiger partial charge in [0.15, 0.2) is 11.5 Å². The number of carbonyl (C=O) groups is 1. The van der Waals surface area contributed by atoms with Crippen molar-refractivity contribution >= 4 is 22.9 Å². The summed E-state index contributed by atoms with van der Waals surface area (Å²) in [6.07, 6.45) is 0. The number of thiophene rings is 1. The lowest BCUT2D eigenvalue weighted by molar-refractivity contribution is 0.0940. The lowest BCUT2D eigenvalue weighted by Crippen LogP contribution is -2.27. The minimum Gasteiger partial charge on any atom is -0.493 e. The van der Waals surface area contributed by atoms with Crippen molar-refractivity contribution in [1.82, 2.24) is 5.32 Å². The maximum atomic E-state index is 12.4. The lowest BCUT2D eigenvalue weighted by Gasteiger charge is -2.15. The number of methoxy groups -OCH3 is 2. The summed E-state index contributed by atoms with van der Waals surface area (Å²) < 4.78 is 10.4. The Kier molecular flexibility index (Phi) is 4.70. The number of nitrogen functional groups attached to an aromatic ring is 1. The summed E-state index contributed by atoms with van der Waals surface area (Å²) in [5.74, 6) is 0.727. The highest BCUT2D eigenvalue weighted by atomic mass is 32.1. The number of ether oxygens (including phenoxy) is 2. The van der Waals surface area contributed by atoms with Crippen molar-refractivity contribution in [3.8, 4) is 11.5 Å². The molecule has 1 amide bonds. The van der Waals surface area contributed by atoms with Gasteiger partial charge in [0.1, 0.15) is 0 Å². The molecule has 0 saturated heterocycles. The average Bonchev–Trinajstić information content (AvgIpc) is 3.00. The average molecular weight is 306 g/mol. The zero-order chi connectivity index (χ0) is 15.4. The fraction of sp³-hybridized carbons (Fsp3) is 0.267. The standard InChI is InChI=1S/C15H18N2O3S/c1-9(10-4-5-21-8-10)17-15(18)11-6-13(19-2)14(20-3)7-12(11)16/h4-9H,16H2,1-3H3,(H,17,18). The molecule has 0 fully saturated rings. The number of benzene rings is 1. The molecule has 0 bridgehead atoms. The first-order valence-corrected chi connectivity index (χ1v) is 7.35. The Hall–Kier alpha value is -2.21. The molecule has 1 unspecified atom stereocenters. The zero-order valence-electron chi connectivity index (χ0n) is 12.2. The van der Waals surface area contributed by atoms with Gasteiger partial charge in [-0.1, -0.05) is 0 Å². The van der Waals surface area contributed by atoms with Crippen LogP contribution in [0.1, 0.15) is 28.9 Å². The van der Waals surface area contributed by atoms with Crippen LogP contribution in [0, 0.1) is 0 Å². The van der Waals surface area contributed by atoms with Gasteiger partial charge in [-0.15, -0.1) is 0 Å². The monoisotopic (exact) mass is 306 g/mol. The van der Waals surface area contributed by atoms with Crippen LogP contribution in [0.4, 0.5) is 5.69 Å². The molecular weight excluding hydrogens is 288 g/mol. The summed E-state index contributed by atoms with van der Waals surface area (Å²) in [6.45, 7) is 1.93. The van der Waals surface area contributed by atoms with Gasteiger partial charge in [0.05, 0.1) is 25.8 Å². The summed E-state index contributed by atoms with van der Waals surface area (Å²) in [5, 5.41) is 6.90. The largest absolute Gasteiger partial charge is 0.493 e. The summed E-state index contributed by atoms with van der Waals surface area (Å²) >= 11 is 1.59. The highest BCUT2D eigenvalue weighted by Crippen LogP contribution is 2.32. The van der Waals surface area contributed by atoms with Gasteiger partial charge in [0.2, 0.25) is 0 Å². The summed E-state index contributed by atoms with van der Waals surface area (Å²) in [4.78, 5) is 12.4. The molecule has 0 aliphatic carbocycles. The number of hydrogen-bond donors (Lipinski definition) is 2. The van der Waals surface area contributed by atoms with Crippen LogP contribution in [0.5, 0.6) is 11.5 Å². The number of nitrogens with two attached hydrogens (primary N) is 1. The van der Waals surface area contributed by atoms with Crippen molar-refractivity contribution in [3.63, 3.8) is 0 Å². The fourth-order valence-electron chi connectivity index (χ4n) is 1.97. The molecular formula is C15H18N2O3S. The maximum absolute atomic E-state index is 12.4. The Morgan fingerprint density at radius 1 is 1.29 bits per heavy atom. The Bertz CT molecular complexity index is 626. The SMILES string of the molecule is COc1cc(N)c(C(=O)NC(C)c2ccsc2)cc1OC. The van der Waals surface area contributed by atoms with Crippen LogP contribution in [-0.4, -0.2) is 20.1 Å². The molecule has 0 spiro atoms. The molecule has 2 aromatic rings. The number of rotatable bonds is 5. The first kappa shape index (κ1) is 15.2. The van der Waals surface area contributed by atoms with Gasteiger partial charge >= 0.3 is 0 Å². The predicted octanol–water partition coefficient (Wildman–Crippen LogP) is 2.84. The highest BCUT2D eigenvalue weighted by Gasteiger charge is 2.17. The lowest BCUT2D eigenvalue weighted by atomic mass is 10.1. The van der Waals surface area contributed by atoms with Gasteiger partial charge in [0, 0.05) is 11.8 Å². The van der Waals surface area contributed by atoms with Gasteiger partial charge in [-0.2, -0.15) is 11.3 Å². The number of hydrogen-bond acceptors (Lipinski definition) is 5. The molecule has 0 aliphatic rings. The molecule has 3 N–H and O–H groups in total. The normalized spacial score (nSPS) is 11.8. The third-order valence-corrected chi connectivity index (χ3v) is 3.89. The highest BCUT2D eigenvalue weighted by molar-refractivity contribution is 7.07. The van der Waals surface area contributed by atoms with E-state index in [2.05, 4.69) is 5.32 Å². The number of anilines is 1. The van der Waals surface area contributed by atoms with E-state index in [-0.39, 0.29) is 11.9 Å². The molecule has 1 aromatic heterocycles. The second-order valence-electron chi connectivity index (χ2n) is 4.55. The molecule has 112 valence electrons. The van der Waals surface area contributed by atoms with Gasteiger partial charge in [-0.3, -0.25) is 4.79 Å². The molecule has 0 aliphatic heterocycles. The van der Waals surface area contributed by atoms with E-state index in [9.17, 15) is 4.79 Å². The van der Waals surface area contributed by atoms with E-state index >= 15 is 0 Å². The Balaban J connectivity index is 2.23. The van der Waals surface area contributed by atoms with E-state index < -0.39 is 0 Å². The Morgan fingerprint density at radius 2 is 1.95 bits per heavy atom. The smallest absolute Gasteiger partial charge is 0.253 e. The molecule has 1 atom stereocenters. The maximum Gasteiger partial charge on any atom is 0.253 e. The number of carbonyl (C=O) groups excluding carboxylic acids is 1. The van der Waals surface area contributed by atoms with Crippen molar-refractivity contribution < 1.29 is 14.3 Å². The van der Waals surface area contributed by atoms with Crippen molar-refractivity contribution in [2.45, 2.75) is 13.0 Å². The van der Waals surface area contributed by atoms with E-state index in [4.69, 9.17) is 15.2 Å². The van der Waals surface area contributed by atoms with E-state index in [0.29, 0.717) is 22.7 Å². The first-order chi connectivity index (χ1) is 10.1. The summed E-state index contributed by atoms with van der Waals surface area (Å²) in [7, 11) is 3.04. The van der Waals surface area contributed by atoms with Crippen molar-refractivity contribution in [3.05, 3.63) is 40.1 Å². The third kappa shape index (κ3) is 3.28. The van der Waals surface area contributed by atoms with Gasteiger partial charge in [-0.05, 0) is 35.4 Å². The van der Waals surface area contributed by atoms with E-state index in [1.807, 2.05) is 23.8 Å². The first-order valence-electron chi connectivity index (χ1n) is 6.41. The van der Waals surface area contributed by atoms with Crippen LogP contribution < -0.4 is 20.5 Å². The van der Waals surface area contributed by atoms with Crippen LogP contribution >= 0.6 is 11.3 Å². The zero-order valence-corrected chi connectivity index (χ0v) is 13.0. The van der Waals surface area contributed by atoms with Crippen molar-refractivity contribution in [1.29, 1.82) is 0 Å². The summed E-state index contributed by atoms with van der Waals surface area (Å²) in [5.41, 5.74) is 7.70. The number of nitrogens with one attached hydrogen (secondary N) is 1. The van der Waals surface area contributed by atoms with Crippen molar-refractivity contribution in [2.75, 3.05) is 20.0 Å². The molecule has 6 heteroatoms. The van der Waals surface area contributed by atoms with Gasteiger partial charge in [-0.25, -0.2) is 0 Å². The molecule has 1 aromatic carbocycles. The van der Waals surface area contributed by atoms with Crippen LogP contribution in [-0.2, 0) is 0 Å². The van der Waals surface area contributed by atoms with E-state index in [0.717, 1.165) is 5.56 Å². The van der Waals surface area contributed by atoms with Crippen LogP contribution in [0.3, 0.4) is 0 Å². The Morgan fingerprint density at radius 3 is 2.52 bits per heavy atom. The Labute approximate surface area is 127 Å². The van der Waals surface area contributed by atoms with E-state index in [1.165, 1.54) is 14.2 Å². The molecule has 1 heterocycles.